The molecule has 0 aliphatic heterocycles. The molecule has 1 unspecified atom stereocenters. The van der Waals surface area contributed by atoms with Crippen LogP contribution >= 0.6 is 0 Å². The third-order valence-electron chi connectivity index (χ3n) is 11.1. The predicted molar refractivity (Wildman–Crippen MR) is 270 cm³/mol. The monoisotopic (exact) mass is 920 g/mol. The Kier molecular flexibility index (Phi) is 50.7. The van der Waals surface area contributed by atoms with Crippen molar-refractivity contribution in [2.24, 2.45) is 0 Å². The van der Waals surface area contributed by atoms with E-state index in [9.17, 15) is 14.7 Å². The van der Waals surface area contributed by atoms with Gasteiger partial charge in [-0.3, -0.25) is 9.59 Å². The number of ether oxygens (including phenoxy) is 6. The minimum atomic E-state index is -0.364. The van der Waals surface area contributed by atoms with Crippen LogP contribution in [-0.2, 0) is 38.0 Å². The van der Waals surface area contributed by atoms with Crippen molar-refractivity contribution in [1.29, 1.82) is 0 Å². The SMILES string of the molecule is C/C=C\CCCCOC(CCC(=O)OCCCCCCCN(CCO)CCCCCCCOC(=O)CCC(OCCCC/C=C\CC)OCCCC/C=C\CC)OCCCC/C=C\CC. The molecule has 0 radical (unpaired) electrons. The van der Waals surface area contributed by atoms with Crippen LogP contribution in [0, 0.1) is 0 Å². The van der Waals surface area contributed by atoms with Gasteiger partial charge in [0.25, 0.3) is 0 Å². The van der Waals surface area contributed by atoms with Crippen LogP contribution in [0.1, 0.15) is 214 Å². The number of aliphatic hydroxyl groups excluding tert-OH is 1. The molecule has 0 saturated carbocycles. The Morgan fingerprint density at radius 2 is 0.769 bits per heavy atom. The average molecular weight is 920 g/mol. The van der Waals surface area contributed by atoms with Crippen LogP contribution in [0.2, 0.25) is 0 Å². The van der Waals surface area contributed by atoms with E-state index in [1.54, 1.807) is 0 Å². The number of hydrogen-bond acceptors (Lipinski definition) is 10. The minimum absolute atomic E-state index is 0.175. The Morgan fingerprint density at radius 1 is 0.431 bits per heavy atom. The molecule has 0 aromatic heterocycles. The summed E-state index contributed by atoms with van der Waals surface area (Å²) in [6.07, 6.45) is 44.8. The van der Waals surface area contributed by atoms with Crippen LogP contribution in [0.5, 0.6) is 0 Å². The number of esters is 2. The van der Waals surface area contributed by atoms with Crippen molar-refractivity contribution in [3.63, 3.8) is 0 Å². The van der Waals surface area contributed by atoms with Crippen LogP contribution in [-0.4, -0.2) is 100 Å². The van der Waals surface area contributed by atoms with Crippen LogP contribution in [0.4, 0.5) is 0 Å². The van der Waals surface area contributed by atoms with Gasteiger partial charge in [0.1, 0.15) is 0 Å². The van der Waals surface area contributed by atoms with E-state index in [1.807, 2.05) is 6.92 Å². The number of nitrogens with zero attached hydrogens (tertiary/aromatic N) is 1. The summed E-state index contributed by atoms with van der Waals surface area (Å²) in [7, 11) is 0. The first kappa shape index (κ1) is 62.7. The van der Waals surface area contributed by atoms with Gasteiger partial charge in [-0.1, -0.05) is 108 Å². The Hall–Kier alpha value is -2.34. The minimum Gasteiger partial charge on any atom is -0.466 e. The van der Waals surface area contributed by atoms with Gasteiger partial charge in [0.15, 0.2) is 12.6 Å². The van der Waals surface area contributed by atoms with E-state index in [2.05, 4.69) is 74.3 Å². The van der Waals surface area contributed by atoms with Gasteiger partial charge in [0, 0.05) is 45.8 Å². The van der Waals surface area contributed by atoms with E-state index in [0.717, 1.165) is 174 Å². The fourth-order valence-corrected chi connectivity index (χ4v) is 7.17. The number of carbonyl (C=O) groups is 2. The zero-order chi connectivity index (χ0) is 47.4. The van der Waals surface area contributed by atoms with Gasteiger partial charge in [0.2, 0.25) is 0 Å². The molecule has 0 heterocycles. The molecule has 0 rings (SSSR count). The van der Waals surface area contributed by atoms with E-state index < -0.39 is 0 Å². The van der Waals surface area contributed by atoms with Crippen molar-refractivity contribution >= 4 is 11.9 Å². The highest BCUT2D eigenvalue weighted by molar-refractivity contribution is 5.69. The van der Waals surface area contributed by atoms with E-state index in [4.69, 9.17) is 28.4 Å². The summed E-state index contributed by atoms with van der Waals surface area (Å²) in [5, 5.41) is 9.62. The molecule has 0 saturated heterocycles. The van der Waals surface area contributed by atoms with Gasteiger partial charge in [-0.2, -0.15) is 0 Å². The van der Waals surface area contributed by atoms with E-state index >= 15 is 0 Å². The second-order valence-corrected chi connectivity index (χ2v) is 17.2. The normalized spacial score (nSPS) is 12.7. The maximum atomic E-state index is 12.5. The smallest absolute Gasteiger partial charge is 0.305 e. The summed E-state index contributed by atoms with van der Waals surface area (Å²) in [5.74, 6) is -0.352. The molecule has 0 aliphatic rings. The lowest BCUT2D eigenvalue weighted by Crippen LogP contribution is -2.29. The van der Waals surface area contributed by atoms with Crippen molar-refractivity contribution in [3.05, 3.63) is 48.6 Å². The van der Waals surface area contributed by atoms with Gasteiger partial charge < -0.3 is 38.4 Å². The fraction of sp³-hybridized carbons (Fsp3) is 0.818. The Labute approximate surface area is 399 Å². The number of hydrogen-bond donors (Lipinski definition) is 1. The number of carbonyl (C=O) groups excluding carboxylic acids is 2. The average Bonchev–Trinajstić information content (AvgIpc) is 3.31. The maximum Gasteiger partial charge on any atom is 0.305 e. The third-order valence-corrected chi connectivity index (χ3v) is 11.1. The zero-order valence-electron chi connectivity index (χ0n) is 42.5. The van der Waals surface area contributed by atoms with Gasteiger partial charge in [0.05, 0.1) is 32.7 Å². The Bertz CT molecular complexity index is 1100. The third kappa shape index (κ3) is 47.9. The summed E-state index contributed by atoms with van der Waals surface area (Å²) in [5.41, 5.74) is 0. The van der Waals surface area contributed by atoms with Crippen LogP contribution in [0.15, 0.2) is 48.6 Å². The second kappa shape index (κ2) is 52.6. The molecule has 10 heteroatoms. The highest BCUT2D eigenvalue weighted by Crippen LogP contribution is 2.14. The van der Waals surface area contributed by atoms with Crippen LogP contribution in [0.3, 0.4) is 0 Å². The van der Waals surface area contributed by atoms with Crippen LogP contribution < -0.4 is 0 Å². The molecular formula is C55H101NO9. The summed E-state index contributed by atoms with van der Waals surface area (Å²) >= 11 is 0. The topological polar surface area (TPSA) is 113 Å². The van der Waals surface area contributed by atoms with Crippen molar-refractivity contribution in [2.75, 3.05) is 65.9 Å². The molecule has 0 aromatic carbocycles. The summed E-state index contributed by atoms with van der Waals surface area (Å²) in [6.45, 7) is 14.9. The van der Waals surface area contributed by atoms with Crippen molar-refractivity contribution in [1.82, 2.24) is 4.90 Å². The van der Waals surface area contributed by atoms with E-state index in [-0.39, 0.29) is 31.1 Å². The number of allylic oxidation sites excluding steroid dienone is 8. The van der Waals surface area contributed by atoms with Gasteiger partial charge in [-0.05, 0) is 142 Å². The van der Waals surface area contributed by atoms with E-state index in [0.29, 0.717) is 71.9 Å². The summed E-state index contributed by atoms with van der Waals surface area (Å²) in [6, 6.07) is 0. The number of unbranched alkanes of at least 4 members (excludes halogenated alkanes) is 16. The molecule has 65 heavy (non-hydrogen) atoms. The molecule has 0 bridgehead atoms. The molecule has 0 spiro atoms. The maximum absolute atomic E-state index is 12.5. The van der Waals surface area contributed by atoms with Crippen LogP contribution in [0.25, 0.3) is 0 Å². The molecule has 380 valence electrons. The standard InChI is InChI=1S/C55H101NO9/c1-5-9-13-17-25-35-49-63-54(62-48-34-24-16-12-8-4)40-38-52(58)60-46-32-28-20-22-30-42-56(44-45-57)43-31-23-21-29-33-47-61-53(59)39-41-55(64-50-36-26-18-14-10-6-2)65-51-37-27-19-15-11-7-3/h8-15,54-55,57H,5-7,16-51H2,1-4H3/b12-8-,13-9-,14-10-,15-11-. The highest BCUT2D eigenvalue weighted by Gasteiger charge is 2.15. The molecule has 0 aliphatic carbocycles. The summed E-state index contributed by atoms with van der Waals surface area (Å²) < 4.78 is 35.2. The highest BCUT2D eigenvalue weighted by atomic mass is 16.7. The Morgan fingerprint density at radius 3 is 1.12 bits per heavy atom. The molecule has 0 aromatic rings. The summed E-state index contributed by atoms with van der Waals surface area (Å²) in [4.78, 5) is 27.4. The molecule has 0 amide bonds. The lowest BCUT2D eigenvalue weighted by Gasteiger charge is -2.21. The fourth-order valence-electron chi connectivity index (χ4n) is 7.17. The molecule has 1 N–H and O–H groups in total. The predicted octanol–water partition coefficient (Wildman–Crippen LogP) is 13.7. The van der Waals surface area contributed by atoms with Crippen molar-refractivity contribution < 1.29 is 43.1 Å². The molecule has 0 fully saturated rings. The number of rotatable bonds is 51. The molecule has 1 atom stereocenters. The lowest BCUT2D eigenvalue weighted by molar-refractivity contribution is -0.159. The lowest BCUT2D eigenvalue weighted by atomic mass is 10.1. The van der Waals surface area contributed by atoms with Gasteiger partial charge in [-0.15, -0.1) is 0 Å². The van der Waals surface area contributed by atoms with Gasteiger partial charge >= 0.3 is 11.9 Å². The van der Waals surface area contributed by atoms with Crippen molar-refractivity contribution in [2.45, 2.75) is 226 Å². The first-order chi connectivity index (χ1) is 32.0. The second-order valence-electron chi connectivity index (χ2n) is 17.2. The molecule has 10 nitrogen and oxygen atoms in total. The first-order valence-corrected chi connectivity index (χ1v) is 26.7. The Balaban J connectivity index is 4.15. The van der Waals surface area contributed by atoms with Crippen molar-refractivity contribution in [3.8, 4) is 0 Å². The van der Waals surface area contributed by atoms with E-state index in [1.165, 1.54) is 0 Å². The zero-order valence-corrected chi connectivity index (χ0v) is 42.5. The first-order valence-electron chi connectivity index (χ1n) is 26.7. The van der Waals surface area contributed by atoms with Gasteiger partial charge in [-0.25, -0.2) is 0 Å². The molecular weight excluding hydrogens is 819 g/mol. The largest absolute Gasteiger partial charge is 0.466 e. The number of aliphatic hydroxyl groups is 1. The quantitative estimate of drug-likeness (QED) is 0.0274.